The summed E-state index contributed by atoms with van der Waals surface area (Å²) in [6, 6.07) is 7.63. The van der Waals surface area contributed by atoms with Crippen molar-refractivity contribution < 1.29 is 4.79 Å². The van der Waals surface area contributed by atoms with Crippen LogP contribution in [-0.4, -0.2) is 57.0 Å². The van der Waals surface area contributed by atoms with Gasteiger partial charge in [0.25, 0.3) is 5.56 Å². The number of hydrogen-bond donors (Lipinski definition) is 1. The maximum Gasteiger partial charge on any atom is 0.328 e. The Kier molecular flexibility index (Phi) is 4.86. The van der Waals surface area contributed by atoms with Crippen LogP contribution in [0.1, 0.15) is 32.6 Å². The standard InChI is InChI=1S/C20H26N4O3/c1-2-22-11-9-14-7-8-15(13-22)24(14)18(25)10-12-23-17-6-4-3-5-16(17)19(26)21-20(23)27/h3-6,14-15H,2,7-13H2,1H3,(H,21,26,27). The van der Waals surface area contributed by atoms with E-state index >= 15 is 0 Å². The van der Waals surface area contributed by atoms with Crippen molar-refractivity contribution in [3.05, 3.63) is 45.1 Å². The van der Waals surface area contributed by atoms with E-state index in [0.717, 1.165) is 38.9 Å². The fraction of sp³-hybridized carbons (Fsp3) is 0.550. The predicted octanol–water partition coefficient (Wildman–Crippen LogP) is 1.17. The number of nitrogens with one attached hydrogen (secondary N) is 1. The summed E-state index contributed by atoms with van der Waals surface area (Å²) in [6.45, 7) is 5.46. The molecule has 1 amide bonds. The van der Waals surface area contributed by atoms with E-state index in [9.17, 15) is 14.4 Å². The average Bonchev–Trinajstić information content (AvgIpc) is 2.96. The first-order chi connectivity index (χ1) is 13.1. The molecule has 1 aromatic carbocycles. The zero-order valence-electron chi connectivity index (χ0n) is 15.7. The maximum atomic E-state index is 13.0. The highest BCUT2D eigenvalue weighted by molar-refractivity contribution is 5.79. The molecule has 2 unspecified atom stereocenters. The molecule has 2 aromatic rings. The molecule has 7 heteroatoms. The van der Waals surface area contributed by atoms with Gasteiger partial charge in [0, 0.05) is 38.1 Å². The van der Waals surface area contributed by atoms with Crippen LogP contribution in [0.3, 0.4) is 0 Å². The number of hydrogen-bond acceptors (Lipinski definition) is 4. The summed E-state index contributed by atoms with van der Waals surface area (Å²) in [7, 11) is 0. The first kappa shape index (κ1) is 18.0. The lowest BCUT2D eigenvalue weighted by Crippen LogP contribution is -2.43. The minimum atomic E-state index is -0.456. The monoisotopic (exact) mass is 370 g/mol. The molecule has 1 aromatic heterocycles. The molecule has 2 saturated heterocycles. The molecule has 3 heterocycles. The van der Waals surface area contributed by atoms with E-state index in [2.05, 4.69) is 21.7 Å². The molecule has 4 rings (SSSR count). The third-order valence-corrected chi connectivity index (χ3v) is 6.06. The van der Waals surface area contributed by atoms with Gasteiger partial charge in [-0.3, -0.25) is 19.1 Å². The van der Waals surface area contributed by atoms with Crippen molar-refractivity contribution in [2.45, 2.75) is 51.2 Å². The molecular weight excluding hydrogens is 344 g/mol. The number of para-hydroxylation sites is 1. The third-order valence-electron chi connectivity index (χ3n) is 6.06. The highest BCUT2D eigenvalue weighted by Crippen LogP contribution is 2.30. The van der Waals surface area contributed by atoms with Crippen molar-refractivity contribution in [2.24, 2.45) is 0 Å². The summed E-state index contributed by atoms with van der Waals surface area (Å²) in [5.74, 6) is 0.114. The van der Waals surface area contributed by atoms with E-state index in [1.807, 2.05) is 0 Å². The number of carbonyl (C=O) groups excluding carboxylic acids is 1. The summed E-state index contributed by atoms with van der Waals surface area (Å²) < 4.78 is 1.51. The molecule has 2 fully saturated rings. The van der Waals surface area contributed by atoms with Crippen LogP contribution in [0.4, 0.5) is 0 Å². The summed E-state index contributed by atoms with van der Waals surface area (Å²) >= 11 is 0. The fourth-order valence-corrected chi connectivity index (χ4v) is 4.64. The Balaban J connectivity index is 1.54. The van der Waals surface area contributed by atoms with Crippen molar-refractivity contribution in [3.8, 4) is 0 Å². The summed E-state index contributed by atoms with van der Waals surface area (Å²) in [5.41, 5.74) is -0.263. The van der Waals surface area contributed by atoms with Crippen molar-refractivity contribution >= 4 is 16.8 Å². The Hall–Kier alpha value is -2.41. The highest BCUT2D eigenvalue weighted by Gasteiger charge is 2.39. The van der Waals surface area contributed by atoms with Crippen LogP contribution in [0.2, 0.25) is 0 Å². The van der Waals surface area contributed by atoms with Crippen LogP contribution in [-0.2, 0) is 11.3 Å². The zero-order valence-corrected chi connectivity index (χ0v) is 15.7. The van der Waals surface area contributed by atoms with Crippen LogP contribution in [0, 0.1) is 0 Å². The predicted molar refractivity (Wildman–Crippen MR) is 104 cm³/mol. The second-order valence-electron chi connectivity index (χ2n) is 7.55. The number of aryl methyl sites for hydroxylation is 1. The number of aromatic nitrogens is 2. The van der Waals surface area contributed by atoms with E-state index in [-0.39, 0.29) is 30.5 Å². The quantitative estimate of drug-likeness (QED) is 0.876. The van der Waals surface area contributed by atoms with Gasteiger partial charge in [-0.15, -0.1) is 0 Å². The number of rotatable bonds is 4. The van der Waals surface area contributed by atoms with Gasteiger partial charge in [0.2, 0.25) is 5.91 Å². The summed E-state index contributed by atoms with van der Waals surface area (Å²) in [6.07, 6.45) is 3.44. The average molecular weight is 370 g/mol. The minimum Gasteiger partial charge on any atom is -0.335 e. The third kappa shape index (κ3) is 3.32. The molecule has 0 aliphatic carbocycles. The molecule has 27 heavy (non-hydrogen) atoms. The van der Waals surface area contributed by atoms with Crippen LogP contribution >= 0.6 is 0 Å². The maximum absolute atomic E-state index is 13.0. The first-order valence-corrected chi connectivity index (χ1v) is 9.84. The van der Waals surface area contributed by atoms with Crippen LogP contribution < -0.4 is 11.2 Å². The number of benzene rings is 1. The van der Waals surface area contributed by atoms with Crippen LogP contribution in [0.5, 0.6) is 0 Å². The van der Waals surface area contributed by atoms with E-state index in [1.165, 1.54) is 4.57 Å². The van der Waals surface area contributed by atoms with E-state index in [4.69, 9.17) is 0 Å². The number of amides is 1. The summed E-state index contributed by atoms with van der Waals surface area (Å²) in [4.78, 5) is 44.1. The van der Waals surface area contributed by atoms with Crippen LogP contribution in [0.25, 0.3) is 10.9 Å². The lowest BCUT2D eigenvalue weighted by Gasteiger charge is -2.29. The van der Waals surface area contributed by atoms with Crippen molar-refractivity contribution in [2.75, 3.05) is 19.6 Å². The molecular formula is C20H26N4O3. The van der Waals surface area contributed by atoms with Gasteiger partial charge in [-0.25, -0.2) is 4.79 Å². The Morgan fingerprint density at radius 3 is 2.74 bits per heavy atom. The smallest absolute Gasteiger partial charge is 0.328 e. The van der Waals surface area contributed by atoms with Gasteiger partial charge in [-0.2, -0.15) is 0 Å². The largest absolute Gasteiger partial charge is 0.335 e. The van der Waals surface area contributed by atoms with Gasteiger partial charge in [-0.1, -0.05) is 19.1 Å². The summed E-state index contributed by atoms with van der Waals surface area (Å²) in [5, 5.41) is 0.470. The first-order valence-electron chi connectivity index (χ1n) is 9.84. The normalized spacial score (nSPS) is 22.9. The van der Waals surface area contributed by atoms with Crippen molar-refractivity contribution in [1.29, 1.82) is 0 Å². The number of likely N-dealkylation sites (N-methyl/N-ethyl adjacent to an activating group) is 1. The van der Waals surface area contributed by atoms with Crippen molar-refractivity contribution in [3.63, 3.8) is 0 Å². The highest BCUT2D eigenvalue weighted by atomic mass is 16.2. The van der Waals surface area contributed by atoms with Gasteiger partial charge < -0.3 is 9.80 Å². The van der Waals surface area contributed by atoms with E-state index in [0.29, 0.717) is 16.9 Å². The zero-order chi connectivity index (χ0) is 19.0. The lowest BCUT2D eigenvalue weighted by atomic mass is 10.1. The topological polar surface area (TPSA) is 78.4 Å². The van der Waals surface area contributed by atoms with E-state index in [1.54, 1.807) is 24.3 Å². The Morgan fingerprint density at radius 1 is 1.15 bits per heavy atom. The van der Waals surface area contributed by atoms with E-state index < -0.39 is 5.69 Å². The molecule has 1 N–H and O–H groups in total. The Morgan fingerprint density at radius 2 is 1.93 bits per heavy atom. The molecule has 7 nitrogen and oxygen atoms in total. The molecule has 2 aliphatic rings. The second-order valence-corrected chi connectivity index (χ2v) is 7.55. The van der Waals surface area contributed by atoms with Gasteiger partial charge in [0.05, 0.1) is 10.9 Å². The molecule has 2 bridgehead atoms. The number of H-pyrrole nitrogens is 1. The lowest BCUT2D eigenvalue weighted by molar-refractivity contribution is -0.134. The van der Waals surface area contributed by atoms with Gasteiger partial charge >= 0.3 is 5.69 Å². The Labute approximate surface area is 157 Å². The SMILES string of the molecule is CCN1CCC2CCC(C1)N2C(=O)CCn1c(=O)[nH]c(=O)c2ccccc21. The number of carbonyl (C=O) groups is 1. The van der Waals surface area contributed by atoms with Gasteiger partial charge in [-0.05, 0) is 37.9 Å². The number of fused-ring (bicyclic) bond motifs is 3. The fourth-order valence-electron chi connectivity index (χ4n) is 4.64. The van der Waals surface area contributed by atoms with Gasteiger partial charge in [0.15, 0.2) is 0 Å². The number of nitrogens with zero attached hydrogens (tertiary/aromatic N) is 3. The van der Waals surface area contributed by atoms with Gasteiger partial charge in [0.1, 0.15) is 0 Å². The van der Waals surface area contributed by atoms with Crippen molar-refractivity contribution in [1.82, 2.24) is 19.4 Å². The molecule has 0 spiro atoms. The molecule has 0 radical (unpaired) electrons. The second kappa shape index (κ2) is 7.31. The minimum absolute atomic E-state index is 0.114. The molecule has 0 saturated carbocycles. The molecule has 144 valence electrons. The Bertz CT molecular complexity index is 964. The van der Waals surface area contributed by atoms with Crippen LogP contribution in [0.15, 0.2) is 33.9 Å². The number of likely N-dealkylation sites (tertiary alicyclic amines) is 1. The molecule has 2 atom stereocenters. The molecule has 2 aliphatic heterocycles. The number of aromatic amines is 1.